The quantitative estimate of drug-likeness (QED) is 0.680. The summed E-state index contributed by atoms with van der Waals surface area (Å²) < 4.78 is 31.7. The van der Waals surface area contributed by atoms with E-state index in [1.165, 1.54) is 43.7 Å². The Morgan fingerprint density at radius 1 is 1.23 bits per heavy atom. The van der Waals surface area contributed by atoms with Gasteiger partial charge in [0.15, 0.2) is 0 Å². The minimum absolute atomic E-state index is 0.786. The number of carbonyl (C=O) groups is 1. The number of halogens is 3. The number of hydrogen-bond acceptors (Lipinski definition) is 5. The monoisotopic (exact) mass is 425 g/mol. The number of aromatic nitrogens is 3. The summed E-state index contributed by atoms with van der Waals surface area (Å²) in [7, 11) is 0. The number of carboxylic acids is 1. The lowest BCUT2D eigenvalue weighted by molar-refractivity contribution is -0.192. The second-order valence-electron chi connectivity index (χ2n) is 7.81. The van der Waals surface area contributed by atoms with Crippen molar-refractivity contribution in [3.63, 3.8) is 0 Å². The van der Waals surface area contributed by atoms with Crippen LogP contribution in [0.15, 0.2) is 37.1 Å². The van der Waals surface area contributed by atoms with Crippen molar-refractivity contribution in [1.82, 2.24) is 19.9 Å². The lowest BCUT2D eigenvalue weighted by Gasteiger charge is -2.33. The number of imidazole rings is 1. The molecule has 2 fully saturated rings. The SMILES string of the molecule is O=C(O)C(F)(F)F.c1cc(NC[C@@H]2CCC[C@@H]3CN(Cc4cnc[nH]4)C[C@@H]32)ccn1. The molecule has 0 bridgehead atoms. The Morgan fingerprint density at radius 3 is 2.60 bits per heavy atom. The zero-order valence-electron chi connectivity index (χ0n) is 16.5. The summed E-state index contributed by atoms with van der Waals surface area (Å²) in [5, 5.41) is 10.7. The molecule has 0 unspecified atom stereocenters. The minimum Gasteiger partial charge on any atom is -0.475 e. The van der Waals surface area contributed by atoms with Gasteiger partial charge in [0.1, 0.15) is 0 Å². The normalized spacial score (nSPS) is 23.9. The number of nitrogens with zero attached hydrogens (tertiary/aromatic N) is 3. The molecule has 30 heavy (non-hydrogen) atoms. The van der Waals surface area contributed by atoms with Gasteiger partial charge >= 0.3 is 12.1 Å². The van der Waals surface area contributed by atoms with Crippen LogP contribution < -0.4 is 5.32 Å². The van der Waals surface area contributed by atoms with E-state index in [9.17, 15) is 13.2 Å². The number of pyridine rings is 1. The van der Waals surface area contributed by atoms with E-state index in [0.717, 1.165) is 30.8 Å². The second-order valence-corrected chi connectivity index (χ2v) is 7.81. The first-order valence-corrected chi connectivity index (χ1v) is 9.96. The van der Waals surface area contributed by atoms with Crippen LogP contribution in [0.3, 0.4) is 0 Å². The van der Waals surface area contributed by atoms with Crippen molar-refractivity contribution in [1.29, 1.82) is 0 Å². The third-order valence-electron chi connectivity index (χ3n) is 5.76. The van der Waals surface area contributed by atoms with Crippen molar-refractivity contribution in [2.24, 2.45) is 17.8 Å². The molecule has 1 saturated heterocycles. The first-order valence-electron chi connectivity index (χ1n) is 9.96. The van der Waals surface area contributed by atoms with Crippen LogP contribution in [0, 0.1) is 17.8 Å². The number of hydrogen-bond donors (Lipinski definition) is 3. The Morgan fingerprint density at radius 2 is 1.97 bits per heavy atom. The Balaban J connectivity index is 0.000000318. The van der Waals surface area contributed by atoms with Gasteiger partial charge in [-0.1, -0.05) is 6.42 Å². The standard InChI is InChI=1S/C18H25N5.C2HF3O2/c1-2-14(8-21-16-4-6-19-7-5-16)18-12-23(10-15(18)3-1)11-17-9-20-13-22-17;3-2(4,5)1(6)7/h4-7,9,13-15,18H,1-3,8,10-12H2,(H,19,21)(H,20,22);(H,6,7)/t14-,15+,18+;/m0./s1. The highest BCUT2D eigenvalue weighted by molar-refractivity contribution is 5.73. The number of aliphatic carboxylic acids is 1. The van der Waals surface area contributed by atoms with E-state index in [4.69, 9.17) is 9.90 Å². The Labute approximate surface area is 172 Å². The number of carboxylic acid groups (broad SMARTS) is 1. The topological polar surface area (TPSA) is 94.1 Å². The third kappa shape index (κ3) is 6.19. The molecule has 7 nitrogen and oxygen atoms in total. The number of fused-ring (bicyclic) bond motifs is 1. The molecule has 0 amide bonds. The molecule has 1 aliphatic heterocycles. The zero-order chi connectivity index (χ0) is 21.6. The average molecular weight is 425 g/mol. The summed E-state index contributed by atoms with van der Waals surface area (Å²) in [5.41, 5.74) is 2.42. The van der Waals surface area contributed by atoms with Gasteiger partial charge in [-0.3, -0.25) is 9.88 Å². The number of anilines is 1. The minimum atomic E-state index is -5.08. The molecule has 3 N–H and O–H groups in total. The van der Waals surface area contributed by atoms with Crippen molar-refractivity contribution < 1.29 is 23.1 Å². The molecular formula is C20H26F3N5O2. The molecule has 3 atom stereocenters. The number of alkyl halides is 3. The molecule has 2 aromatic heterocycles. The van der Waals surface area contributed by atoms with E-state index < -0.39 is 12.1 Å². The van der Waals surface area contributed by atoms with Crippen LogP contribution in [0.25, 0.3) is 0 Å². The predicted octanol–water partition coefficient (Wildman–Crippen LogP) is 3.40. The molecule has 4 rings (SSSR count). The third-order valence-corrected chi connectivity index (χ3v) is 5.76. The number of rotatable bonds is 5. The average Bonchev–Trinajstić information content (AvgIpc) is 3.36. The van der Waals surface area contributed by atoms with E-state index >= 15 is 0 Å². The summed E-state index contributed by atoms with van der Waals surface area (Å²) in [6.07, 6.45) is 6.49. The lowest BCUT2D eigenvalue weighted by Crippen LogP contribution is -2.32. The highest BCUT2D eigenvalue weighted by atomic mass is 19.4. The summed E-state index contributed by atoms with van der Waals surface area (Å²) in [6, 6.07) is 4.11. The lowest BCUT2D eigenvalue weighted by atomic mass is 9.74. The van der Waals surface area contributed by atoms with Gasteiger partial charge in [-0.15, -0.1) is 0 Å². The van der Waals surface area contributed by atoms with Gasteiger partial charge in [0.25, 0.3) is 0 Å². The molecule has 1 saturated carbocycles. The summed E-state index contributed by atoms with van der Waals surface area (Å²) in [6.45, 7) is 4.57. The van der Waals surface area contributed by atoms with Gasteiger partial charge in [0.05, 0.1) is 6.33 Å². The van der Waals surface area contributed by atoms with Crippen molar-refractivity contribution >= 4 is 11.7 Å². The molecule has 0 spiro atoms. The van der Waals surface area contributed by atoms with Crippen molar-refractivity contribution in [3.05, 3.63) is 42.7 Å². The van der Waals surface area contributed by atoms with Crippen LogP contribution in [-0.2, 0) is 11.3 Å². The first kappa shape index (κ1) is 22.1. The van der Waals surface area contributed by atoms with Gasteiger partial charge in [0, 0.05) is 56.2 Å². The van der Waals surface area contributed by atoms with Gasteiger partial charge in [-0.05, 0) is 42.7 Å². The molecule has 0 radical (unpaired) electrons. The predicted molar refractivity (Wildman–Crippen MR) is 105 cm³/mol. The number of aromatic amines is 1. The molecule has 0 aromatic carbocycles. The maximum absolute atomic E-state index is 10.6. The van der Waals surface area contributed by atoms with Crippen LogP contribution in [0.5, 0.6) is 0 Å². The molecule has 10 heteroatoms. The maximum Gasteiger partial charge on any atom is 0.490 e. The molecule has 164 valence electrons. The highest BCUT2D eigenvalue weighted by Gasteiger charge is 2.40. The van der Waals surface area contributed by atoms with Crippen molar-refractivity contribution in [2.45, 2.75) is 32.0 Å². The van der Waals surface area contributed by atoms with Crippen LogP contribution in [0.2, 0.25) is 0 Å². The fourth-order valence-corrected chi connectivity index (χ4v) is 4.40. The highest BCUT2D eigenvalue weighted by Crippen LogP contribution is 2.40. The largest absolute Gasteiger partial charge is 0.490 e. The Hall–Kier alpha value is -2.62. The summed E-state index contributed by atoms with van der Waals surface area (Å²) in [4.78, 5) is 23.0. The van der Waals surface area contributed by atoms with E-state index in [0.29, 0.717) is 0 Å². The van der Waals surface area contributed by atoms with Crippen LogP contribution >= 0.6 is 0 Å². The van der Waals surface area contributed by atoms with Gasteiger partial charge < -0.3 is 15.4 Å². The number of nitrogens with one attached hydrogen (secondary N) is 2. The zero-order valence-corrected chi connectivity index (χ0v) is 16.5. The molecular weight excluding hydrogens is 399 g/mol. The smallest absolute Gasteiger partial charge is 0.475 e. The van der Waals surface area contributed by atoms with Crippen molar-refractivity contribution in [3.8, 4) is 0 Å². The first-order chi connectivity index (χ1) is 14.3. The number of H-pyrrole nitrogens is 1. The molecule has 3 heterocycles. The van der Waals surface area contributed by atoms with E-state index in [1.54, 1.807) is 6.33 Å². The van der Waals surface area contributed by atoms with Gasteiger partial charge in [-0.25, -0.2) is 9.78 Å². The fraction of sp³-hybridized carbons (Fsp3) is 0.550. The second kappa shape index (κ2) is 9.92. The van der Waals surface area contributed by atoms with E-state index in [2.05, 4.69) is 37.3 Å². The van der Waals surface area contributed by atoms with Crippen LogP contribution in [0.1, 0.15) is 25.0 Å². The van der Waals surface area contributed by atoms with Crippen LogP contribution in [0.4, 0.5) is 18.9 Å². The Bertz CT molecular complexity index is 785. The molecule has 1 aliphatic carbocycles. The van der Waals surface area contributed by atoms with Crippen LogP contribution in [-0.4, -0.2) is 56.7 Å². The Kier molecular flexibility index (Phi) is 7.30. The maximum atomic E-state index is 10.6. The van der Waals surface area contributed by atoms with Crippen molar-refractivity contribution in [2.75, 3.05) is 25.0 Å². The molecule has 2 aromatic rings. The summed E-state index contributed by atoms with van der Waals surface area (Å²) >= 11 is 0. The van der Waals surface area contributed by atoms with Gasteiger partial charge in [-0.2, -0.15) is 13.2 Å². The summed E-state index contributed by atoms with van der Waals surface area (Å²) in [5.74, 6) is -0.266. The number of likely N-dealkylation sites (tertiary alicyclic amines) is 1. The van der Waals surface area contributed by atoms with E-state index in [-0.39, 0.29) is 0 Å². The molecule has 2 aliphatic rings. The van der Waals surface area contributed by atoms with Gasteiger partial charge in [0.2, 0.25) is 0 Å². The van der Waals surface area contributed by atoms with E-state index in [1.807, 2.05) is 18.6 Å². The fourth-order valence-electron chi connectivity index (χ4n) is 4.40.